The SMILES string of the molecule is C=CC[C@@H](C[C@@H](C[C@@H](C[C@H](OC)/C(C)=C/C(C)=C\C=C(/C)N=C)OC)OC)OC. The first kappa shape index (κ1) is 27.5. The van der Waals surface area contributed by atoms with Crippen molar-refractivity contribution >= 4 is 6.72 Å². The number of allylic oxidation sites excluding steroid dienone is 5. The zero-order chi connectivity index (χ0) is 22.2. The summed E-state index contributed by atoms with van der Waals surface area (Å²) in [5.74, 6) is 0. The first-order valence-corrected chi connectivity index (χ1v) is 10.1. The highest BCUT2D eigenvalue weighted by atomic mass is 16.5. The van der Waals surface area contributed by atoms with Crippen LogP contribution < -0.4 is 0 Å². The number of ether oxygens (including phenoxy) is 4. The lowest BCUT2D eigenvalue weighted by Gasteiger charge is -2.27. The van der Waals surface area contributed by atoms with E-state index < -0.39 is 0 Å². The number of hydrogen-bond acceptors (Lipinski definition) is 5. The lowest BCUT2D eigenvalue weighted by molar-refractivity contribution is -0.0263. The molecule has 0 saturated heterocycles. The van der Waals surface area contributed by atoms with Crippen LogP contribution in [0.4, 0.5) is 0 Å². The quantitative estimate of drug-likeness (QED) is 0.198. The number of hydrogen-bond donors (Lipinski definition) is 0. The molecule has 4 atom stereocenters. The highest BCUT2D eigenvalue weighted by molar-refractivity contribution is 5.32. The maximum atomic E-state index is 5.75. The predicted octanol–water partition coefficient (Wildman–Crippen LogP) is 5.29. The summed E-state index contributed by atoms with van der Waals surface area (Å²) in [5.41, 5.74) is 3.16. The molecule has 5 nitrogen and oxygen atoms in total. The molecule has 0 aliphatic heterocycles. The fourth-order valence-electron chi connectivity index (χ4n) is 3.15. The summed E-state index contributed by atoms with van der Waals surface area (Å²) >= 11 is 0. The van der Waals surface area contributed by atoms with E-state index in [1.54, 1.807) is 28.4 Å². The lowest BCUT2D eigenvalue weighted by atomic mass is 9.96. The van der Waals surface area contributed by atoms with Crippen molar-refractivity contribution in [2.24, 2.45) is 4.99 Å². The molecule has 0 N–H and O–H groups in total. The van der Waals surface area contributed by atoms with Crippen molar-refractivity contribution in [2.45, 2.75) is 70.9 Å². The molecule has 0 heterocycles. The van der Waals surface area contributed by atoms with Gasteiger partial charge in [0.15, 0.2) is 0 Å². The van der Waals surface area contributed by atoms with Gasteiger partial charge in [0.1, 0.15) is 0 Å². The number of nitrogens with zero attached hydrogens (tertiary/aromatic N) is 1. The molecule has 0 rings (SSSR count). The Hall–Kier alpha value is -1.53. The van der Waals surface area contributed by atoms with E-state index >= 15 is 0 Å². The van der Waals surface area contributed by atoms with Gasteiger partial charge < -0.3 is 18.9 Å². The standard InChI is InChI=1S/C24H41NO4/c1-10-11-21(26-6)15-22(27-7)16-23(28-8)17-24(29-9)19(3)14-18(2)12-13-20(4)25-5/h10,12-14,21-24H,1,5,11,15-17H2,2-4,6-9H3/b18-12-,19-14+,20-13+/t21-,22-,23-,24-/m0/s1. The summed E-state index contributed by atoms with van der Waals surface area (Å²) in [4.78, 5) is 3.89. The van der Waals surface area contributed by atoms with Crippen LogP contribution in [-0.2, 0) is 18.9 Å². The van der Waals surface area contributed by atoms with E-state index in [9.17, 15) is 0 Å². The summed E-state index contributed by atoms with van der Waals surface area (Å²) in [6.07, 6.45) is 11.3. The van der Waals surface area contributed by atoms with Gasteiger partial charge in [-0.25, -0.2) is 0 Å². The third-order valence-corrected chi connectivity index (χ3v) is 5.04. The zero-order valence-electron chi connectivity index (χ0n) is 19.4. The van der Waals surface area contributed by atoms with Gasteiger partial charge in [-0.05, 0) is 52.0 Å². The third-order valence-electron chi connectivity index (χ3n) is 5.04. The van der Waals surface area contributed by atoms with Gasteiger partial charge in [0.2, 0.25) is 0 Å². The average molecular weight is 408 g/mol. The van der Waals surface area contributed by atoms with Crippen LogP contribution >= 0.6 is 0 Å². The average Bonchev–Trinajstić information content (AvgIpc) is 2.73. The Morgan fingerprint density at radius 3 is 1.86 bits per heavy atom. The van der Waals surface area contributed by atoms with Crippen LogP contribution in [0.25, 0.3) is 0 Å². The van der Waals surface area contributed by atoms with Crippen molar-refractivity contribution in [1.29, 1.82) is 0 Å². The normalized spacial score (nSPS) is 17.6. The monoisotopic (exact) mass is 407 g/mol. The second-order valence-electron chi connectivity index (χ2n) is 7.29. The van der Waals surface area contributed by atoms with E-state index in [4.69, 9.17) is 18.9 Å². The molecular formula is C24H41NO4. The van der Waals surface area contributed by atoms with Crippen LogP contribution in [0.3, 0.4) is 0 Å². The fraction of sp³-hybridized carbons (Fsp3) is 0.625. The van der Waals surface area contributed by atoms with Crippen LogP contribution in [0.15, 0.2) is 52.7 Å². The lowest BCUT2D eigenvalue weighted by Crippen LogP contribution is -2.30. The molecular weight excluding hydrogens is 366 g/mol. The highest BCUT2D eigenvalue weighted by Gasteiger charge is 2.23. The molecule has 0 aliphatic carbocycles. The van der Waals surface area contributed by atoms with Gasteiger partial charge in [0, 0.05) is 47.0 Å². The van der Waals surface area contributed by atoms with Gasteiger partial charge in [0.25, 0.3) is 0 Å². The molecule has 0 bridgehead atoms. The molecule has 0 spiro atoms. The molecule has 166 valence electrons. The Balaban J connectivity index is 5.09. The van der Waals surface area contributed by atoms with Crippen LogP contribution in [0.1, 0.15) is 46.5 Å². The summed E-state index contributed by atoms with van der Waals surface area (Å²) in [7, 11) is 6.93. The molecule has 29 heavy (non-hydrogen) atoms. The molecule has 0 aliphatic rings. The molecule has 0 unspecified atom stereocenters. The highest BCUT2D eigenvalue weighted by Crippen LogP contribution is 2.22. The predicted molar refractivity (Wildman–Crippen MR) is 123 cm³/mol. The Kier molecular flexibility index (Phi) is 15.4. The Labute approximate surface area is 178 Å². The first-order chi connectivity index (χ1) is 13.8. The summed E-state index contributed by atoms with van der Waals surface area (Å²) in [6, 6.07) is 0. The molecule has 0 saturated carbocycles. The van der Waals surface area contributed by atoms with Crippen molar-refractivity contribution in [2.75, 3.05) is 28.4 Å². The second-order valence-corrected chi connectivity index (χ2v) is 7.29. The molecule has 0 fully saturated rings. The molecule has 0 amide bonds. The zero-order valence-corrected chi connectivity index (χ0v) is 19.4. The van der Waals surface area contributed by atoms with Crippen molar-refractivity contribution in [3.8, 4) is 0 Å². The third kappa shape index (κ3) is 11.9. The Bertz CT molecular complexity index is 565. The van der Waals surface area contributed by atoms with E-state index in [1.165, 1.54) is 0 Å². The van der Waals surface area contributed by atoms with E-state index in [0.29, 0.717) is 0 Å². The number of rotatable bonds is 16. The maximum absolute atomic E-state index is 5.75. The number of methoxy groups -OCH3 is 4. The topological polar surface area (TPSA) is 49.3 Å². The van der Waals surface area contributed by atoms with Crippen molar-refractivity contribution in [3.63, 3.8) is 0 Å². The summed E-state index contributed by atoms with van der Waals surface area (Å²) in [5, 5.41) is 0. The maximum Gasteiger partial charge on any atom is 0.0806 e. The van der Waals surface area contributed by atoms with Gasteiger partial charge >= 0.3 is 0 Å². The van der Waals surface area contributed by atoms with Crippen molar-refractivity contribution in [1.82, 2.24) is 0 Å². The fourth-order valence-corrected chi connectivity index (χ4v) is 3.15. The Morgan fingerprint density at radius 1 is 0.828 bits per heavy atom. The first-order valence-electron chi connectivity index (χ1n) is 10.1. The van der Waals surface area contributed by atoms with Crippen molar-refractivity contribution in [3.05, 3.63) is 47.7 Å². The van der Waals surface area contributed by atoms with Gasteiger partial charge in [0.05, 0.1) is 24.4 Å². The minimum absolute atomic E-state index is 0.0193. The van der Waals surface area contributed by atoms with Crippen molar-refractivity contribution < 1.29 is 18.9 Å². The van der Waals surface area contributed by atoms with E-state index in [2.05, 4.69) is 38.2 Å². The number of aliphatic imine (C=N–C) groups is 1. The van der Waals surface area contributed by atoms with Gasteiger partial charge in [-0.15, -0.1) is 6.58 Å². The van der Waals surface area contributed by atoms with Gasteiger partial charge in [-0.2, -0.15) is 0 Å². The van der Waals surface area contributed by atoms with Crippen LogP contribution in [-0.4, -0.2) is 59.6 Å². The summed E-state index contributed by atoms with van der Waals surface area (Å²) < 4.78 is 22.7. The summed E-state index contributed by atoms with van der Waals surface area (Å²) in [6.45, 7) is 13.4. The van der Waals surface area contributed by atoms with Crippen LogP contribution in [0.5, 0.6) is 0 Å². The van der Waals surface area contributed by atoms with E-state index in [-0.39, 0.29) is 24.4 Å². The smallest absolute Gasteiger partial charge is 0.0806 e. The Morgan fingerprint density at radius 2 is 1.38 bits per heavy atom. The minimum Gasteiger partial charge on any atom is -0.381 e. The second kappa shape index (κ2) is 16.3. The minimum atomic E-state index is -0.0326. The molecule has 0 aromatic rings. The van der Waals surface area contributed by atoms with Gasteiger partial charge in [-0.3, -0.25) is 4.99 Å². The van der Waals surface area contributed by atoms with E-state index in [1.807, 2.05) is 25.2 Å². The molecule has 0 aromatic heterocycles. The molecule has 0 radical (unpaired) electrons. The van der Waals surface area contributed by atoms with Crippen LogP contribution in [0, 0.1) is 0 Å². The van der Waals surface area contributed by atoms with E-state index in [0.717, 1.165) is 42.5 Å². The van der Waals surface area contributed by atoms with Gasteiger partial charge in [-0.1, -0.05) is 23.8 Å². The molecule has 5 heteroatoms. The largest absolute Gasteiger partial charge is 0.381 e. The van der Waals surface area contributed by atoms with Crippen LogP contribution in [0.2, 0.25) is 0 Å². The molecule has 0 aromatic carbocycles.